The quantitative estimate of drug-likeness (QED) is 0.636. The Balaban J connectivity index is 1.35. The van der Waals surface area contributed by atoms with Crippen LogP contribution in [-0.2, 0) is 14.6 Å². The zero-order valence-corrected chi connectivity index (χ0v) is 19.7. The number of amides is 1. The Bertz CT molecular complexity index is 991. The predicted octanol–water partition coefficient (Wildman–Crippen LogP) is 3.49. The van der Waals surface area contributed by atoms with Gasteiger partial charge in [0.05, 0.1) is 22.5 Å². The lowest BCUT2D eigenvalue weighted by Crippen LogP contribution is -2.52. The normalized spacial score (nSPS) is 22.4. The average molecular weight is 479 g/mol. The smallest absolute Gasteiger partial charge is 0.232 e. The number of sulfone groups is 1. The minimum atomic E-state index is -2.88. The van der Waals surface area contributed by atoms with Gasteiger partial charge >= 0.3 is 0 Å². The summed E-state index contributed by atoms with van der Waals surface area (Å²) in [6.45, 7) is 2.81. The lowest BCUT2D eigenvalue weighted by atomic mass is 10.0. The molecule has 2 heterocycles. The second-order valence-electron chi connectivity index (χ2n) is 8.13. The lowest BCUT2D eigenvalue weighted by Gasteiger charge is -2.37. The molecule has 166 valence electrons. The van der Waals surface area contributed by atoms with E-state index in [0.29, 0.717) is 36.0 Å². The number of hydrogen-bond acceptors (Lipinski definition) is 5. The van der Waals surface area contributed by atoms with Crippen molar-refractivity contribution < 1.29 is 13.2 Å². The number of halogens is 1. The van der Waals surface area contributed by atoms with Crippen molar-refractivity contribution in [1.82, 2.24) is 9.80 Å². The van der Waals surface area contributed by atoms with Crippen molar-refractivity contribution >= 4 is 39.1 Å². The molecule has 5 nitrogen and oxygen atoms in total. The van der Waals surface area contributed by atoms with Crippen LogP contribution in [0.3, 0.4) is 0 Å². The summed E-state index contributed by atoms with van der Waals surface area (Å²) in [6, 6.07) is 18.1. The van der Waals surface area contributed by atoms with E-state index in [4.69, 9.17) is 11.6 Å². The molecule has 1 amide bonds. The molecule has 2 aliphatic rings. The van der Waals surface area contributed by atoms with Gasteiger partial charge in [-0.25, -0.2) is 8.42 Å². The van der Waals surface area contributed by atoms with Gasteiger partial charge in [-0.2, -0.15) is 0 Å². The molecule has 0 N–H and O–H groups in total. The number of piperazine rings is 1. The highest BCUT2D eigenvalue weighted by Gasteiger charge is 2.34. The summed E-state index contributed by atoms with van der Waals surface area (Å²) in [7, 11) is -2.88. The van der Waals surface area contributed by atoms with E-state index in [9.17, 15) is 13.2 Å². The third-order valence-electron chi connectivity index (χ3n) is 6.04. The maximum Gasteiger partial charge on any atom is 0.232 e. The van der Waals surface area contributed by atoms with E-state index in [-0.39, 0.29) is 23.0 Å². The van der Waals surface area contributed by atoms with Crippen molar-refractivity contribution in [1.29, 1.82) is 0 Å². The van der Waals surface area contributed by atoms with Crippen LogP contribution in [0, 0.1) is 0 Å². The fourth-order valence-electron chi connectivity index (χ4n) is 4.30. The molecule has 0 radical (unpaired) electrons. The van der Waals surface area contributed by atoms with Crippen LogP contribution in [0.2, 0.25) is 5.02 Å². The van der Waals surface area contributed by atoms with Crippen LogP contribution in [0.25, 0.3) is 0 Å². The molecule has 2 atom stereocenters. The van der Waals surface area contributed by atoms with Crippen LogP contribution in [0.15, 0.2) is 54.6 Å². The van der Waals surface area contributed by atoms with Crippen LogP contribution in [-0.4, -0.2) is 73.6 Å². The van der Waals surface area contributed by atoms with Crippen molar-refractivity contribution in [2.75, 3.05) is 43.4 Å². The van der Waals surface area contributed by atoms with Gasteiger partial charge in [0.2, 0.25) is 5.91 Å². The molecule has 0 saturated carbocycles. The molecule has 2 aliphatic heterocycles. The highest BCUT2D eigenvalue weighted by molar-refractivity contribution is 8.00. The first-order chi connectivity index (χ1) is 14.9. The van der Waals surface area contributed by atoms with E-state index in [1.807, 2.05) is 47.4 Å². The number of rotatable bonds is 6. The van der Waals surface area contributed by atoms with E-state index < -0.39 is 9.84 Å². The highest BCUT2D eigenvalue weighted by atomic mass is 35.5. The fourth-order valence-corrected chi connectivity index (χ4v) is 7.37. The van der Waals surface area contributed by atoms with Crippen LogP contribution >= 0.6 is 23.4 Å². The van der Waals surface area contributed by atoms with Gasteiger partial charge in [-0.3, -0.25) is 9.69 Å². The maximum absolute atomic E-state index is 12.9. The third kappa shape index (κ3) is 5.83. The maximum atomic E-state index is 12.9. The summed E-state index contributed by atoms with van der Waals surface area (Å²) < 4.78 is 23.5. The van der Waals surface area contributed by atoms with Gasteiger partial charge in [0.1, 0.15) is 0 Å². The highest BCUT2D eigenvalue weighted by Crippen LogP contribution is 2.36. The Hall–Kier alpha value is -1.54. The van der Waals surface area contributed by atoms with Crippen LogP contribution in [0.5, 0.6) is 0 Å². The number of carbonyl (C=O) groups excluding carboxylic acids is 1. The second kappa shape index (κ2) is 9.94. The first-order valence-electron chi connectivity index (χ1n) is 10.6. The molecule has 0 aromatic heterocycles. The lowest BCUT2D eigenvalue weighted by molar-refractivity contribution is -0.130. The number of benzene rings is 2. The van der Waals surface area contributed by atoms with E-state index >= 15 is 0 Å². The molecule has 2 aromatic carbocycles. The first kappa shape index (κ1) is 22.6. The molecule has 0 bridgehead atoms. The minimum absolute atomic E-state index is 0.0624. The van der Waals surface area contributed by atoms with Gasteiger partial charge < -0.3 is 4.90 Å². The van der Waals surface area contributed by atoms with Gasteiger partial charge in [0.15, 0.2) is 9.84 Å². The van der Waals surface area contributed by atoms with Gasteiger partial charge in [0.25, 0.3) is 0 Å². The molecule has 2 aromatic rings. The molecule has 2 saturated heterocycles. The van der Waals surface area contributed by atoms with Crippen LogP contribution < -0.4 is 0 Å². The molecule has 2 fully saturated rings. The van der Waals surface area contributed by atoms with Crippen molar-refractivity contribution in [3.63, 3.8) is 0 Å². The zero-order valence-electron chi connectivity index (χ0n) is 17.3. The minimum Gasteiger partial charge on any atom is -0.339 e. The fraction of sp³-hybridized carbons (Fsp3) is 0.435. The van der Waals surface area contributed by atoms with E-state index in [2.05, 4.69) is 17.0 Å². The van der Waals surface area contributed by atoms with Gasteiger partial charge in [-0.1, -0.05) is 54.1 Å². The average Bonchev–Trinajstić information content (AvgIpc) is 3.15. The summed E-state index contributed by atoms with van der Waals surface area (Å²) in [5.74, 6) is 1.09. The number of hydrogen-bond donors (Lipinski definition) is 0. The second-order valence-corrected chi connectivity index (χ2v) is 11.9. The molecular formula is C23H27ClN2O3S2. The number of carbonyl (C=O) groups is 1. The summed E-state index contributed by atoms with van der Waals surface area (Å²) in [4.78, 5) is 17.1. The Kier molecular flexibility index (Phi) is 7.26. The topological polar surface area (TPSA) is 57.7 Å². The van der Waals surface area contributed by atoms with Crippen molar-refractivity contribution in [2.45, 2.75) is 17.7 Å². The zero-order chi connectivity index (χ0) is 21.8. The number of nitrogens with zero attached hydrogens (tertiary/aromatic N) is 2. The SMILES string of the molecule is O=C(CSC(c1ccccc1)c1ccc(Cl)cc1)N1CCN(C2CCS(=O)(=O)C2)CC1. The van der Waals surface area contributed by atoms with Gasteiger partial charge in [0, 0.05) is 37.2 Å². The Morgan fingerprint density at radius 2 is 1.65 bits per heavy atom. The monoisotopic (exact) mass is 478 g/mol. The van der Waals surface area contributed by atoms with Gasteiger partial charge in [-0.05, 0) is 29.7 Å². The molecule has 8 heteroatoms. The number of thioether (sulfide) groups is 1. The van der Waals surface area contributed by atoms with E-state index in [1.165, 1.54) is 0 Å². The van der Waals surface area contributed by atoms with Crippen LogP contribution in [0.4, 0.5) is 0 Å². The predicted molar refractivity (Wildman–Crippen MR) is 127 cm³/mol. The van der Waals surface area contributed by atoms with Crippen molar-refractivity contribution in [3.05, 3.63) is 70.7 Å². The molecule has 0 spiro atoms. The van der Waals surface area contributed by atoms with Crippen molar-refractivity contribution in [2.24, 2.45) is 0 Å². The van der Waals surface area contributed by atoms with Crippen molar-refractivity contribution in [3.8, 4) is 0 Å². The standard InChI is InChI=1S/C23H27ClN2O3S2/c24-20-8-6-19(7-9-20)23(18-4-2-1-3-5-18)30-16-22(27)26-13-11-25(12-14-26)21-10-15-31(28,29)17-21/h1-9,21,23H,10-17H2. The van der Waals surface area contributed by atoms with Gasteiger partial charge in [-0.15, -0.1) is 11.8 Å². The largest absolute Gasteiger partial charge is 0.339 e. The summed E-state index contributed by atoms with van der Waals surface area (Å²) in [5, 5.41) is 0.761. The summed E-state index contributed by atoms with van der Waals surface area (Å²) in [5.41, 5.74) is 2.29. The molecule has 31 heavy (non-hydrogen) atoms. The first-order valence-corrected chi connectivity index (χ1v) is 13.8. The van der Waals surface area contributed by atoms with E-state index in [1.54, 1.807) is 11.8 Å². The molecular weight excluding hydrogens is 452 g/mol. The molecule has 4 rings (SSSR count). The summed E-state index contributed by atoms with van der Waals surface area (Å²) >= 11 is 7.69. The summed E-state index contributed by atoms with van der Waals surface area (Å²) in [6.07, 6.45) is 0.714. The Labute approximate surface area is 193 Å². The Morgan fingerprint density at radius 1 is 1.00 bits per heavy atom. The van der Waals surface area contributed by atoms with E-state index in [0.717, 1.165) is 24.2 Å². The van der Waals surface area contributed by atoms with Crippen LogP contribution in [0.1, 0.15) is 22.8 Å². The third-order valence-corrected chi connectivity index (χ3v) is 9.33. The Morgan fingerprint density at radius 3 is 2.26 bits per heavy atom. The molecule has 0 aliphatic carbocycles. The molecule has 2 unspecified atom stereocenters.